The molecule has 26 heavy (non-hydrogen) atoms. The Morgan fingerprint density at radius 1 is 1.42 bits per heavy atom. The average Bonchev–Trinajstić information content (AvgIpc) is 2.62. The molecule has 0 aliphatic carbocycles. The largest absolute Gasteiger partial charge is 0.461 e. The summed E-state index contributed by atoms with van der Waals surface area (Å²) in [6.07, 6.45) is 11.8. The van der Waals surface area contributed by atoms with Crippen LogP contribution in [0.15, 0.2) is 47.8 Å². The number of esters is 2. The number of carbonyl (C=O) groups is 2. The highest BCUT2D eigenvalue weighted by Crippen LogP contribution is 2.35. The van der Waals surface area contributed by atoms with Crippen molar-refractivity contribution < 1.29 is 28.9 Å². The van der Waals surface area contributed by atoms with E-state index < -0.39 is 23.6 Å². The minimum atomic E-state index is -2.29. The van der Waals surface area contributed by atoms with Gasteiger partial charge in [0.15, 0.2) is 0 Å². The molecule has 6 nitrogen and oxygen atoms in total. The number of ether oxygens (including phenoxy) is 3. The van der Waals surface area contributed by atoms with Gasteiger partial charge in [0.05, 0.1) is 13.2 Å². The number of terminal acetylenes is 1. The molecule has 6 heteroatoms. The van der Waals surface area contributed by atoms with E-state index in [1.54, 1.807) is 39.0 Å². The number of rotatable bonds is 7. The maximum atomic E-state index is 12.2. The molecule has 0 fully saturated rings. The summed E-state index contributed by atoms with van der Waals surface area (Å²) in [5.41, 5.74) is 1.18. The second-order valence-corrected chi connectivity index (χ2v) is 5.46. The predicted molar refractivity (Wildman–Crippen MR) is 96.4 cm³/mol. The summed E-state index contributed by atoms with van der Waals surface area (Å²) in [5.74, 6) is -2.37. The van der Waals surface area contributed by atoms with Crippen molar-refractivity contribution in [3.63, 3.8) is 0 Å². The summed E-state index contributed by atoms with van der Waals surface area (Å²) in [6.45, 7) is 8.91. The van der Waals surface area contributed by atoms with Crippen molar-refractivity contribution in [2.75, 3.05) is 13.2 Å². The van der Waals surface area contributed by atoms with E-state index in [0.717, 1.165) is 0 Å². The average molecular weight is 360 g/mol. The van der Waals surface area contributed by atoms with Crippen LogP contribution in [0.5, 0.6) is 0 Å². The molecule has 0 radical (unpaired) electrons. The minimum absolute atomic E-state index is 0.0615. The lowest BCUT2D eigenvalue weighted by atomic mass is 9.87. The first-order chi connectivity index (χ1) is 12.3. The van der Waals surface area contributed by atoms with Crippen LogP contribution >= 0.6 is 0 Å². The van der Waals surface area contributed by atoms with E-state index in [0.29, 0.717) is 11.1 Å². The van der Waals surface area contributed by atoms with Gasteiger partial charge in [-0.05, 0) is 38.5 Å². The van der Waals surface area contributed by atoms with Crippen molar-refractivity contribution in [2.24, 2.45) is 5.92 Å². The van der Waals surface area contributed by atoms with Crippen molar-refractivity contribution in [3.05, 3.63) is 47.8 Å². The van der Waals surface area contributed by atoms with Gasteiger partial charge in [0.2, 0.25) is 5.76 Å². The standard InChI is InChI=1S/C20H24O6/c1-6-14(5)10-11-15(7-2)16-12-17(18(21)24-8-3)26-20(23,13-16)19(22)25-9-4/h1,7,10-12,16,23H,5,8-9,13H2,2-4H3/b11-10-,15-7+. The van der Waals surface area contributed by atoms with Gasteiger partial charge >= 0.3 is 17.7 Å². The molecule has 0 aromatic heterocycles. The monoisotopic (exact) mass is 360 g/mol. The third-order valence-electron chi connectivity index (χ3n) is 3.62. The molecule has 1 aliphatic heterocycles. The maximum Gasteiger partial charge on any atom is 0.379 e. The van der Waals surface area contributed by atoms with Crippen LogP contribution in [0.1, 0.15) is 27.2 Å². The first-order valence-corrected chi connectivity index (χ1v) is 8.28. The van der Waals surface area contributed by atoms with E-state index in [4.69, 9.17) is 20.6 Å². The first-order valence-electron chi connectivity index (χ1n) is 8.28. The Balaban J connectivity index is 3.25. The summed E-state index contributed by atoms with van der Waals surface area (Å²) < 4.78 is 15.0. The lowest BCUT2D eigenvalue weighted by molar-refractivity contribution is -0.225. The molecule has 1 heterocycles. The number of aliphatic hydroxyl groups is 1. The molecule has 1 aliphatic rings. The van der Waals surface area contributed by atoms with Crippen LogP contribution in [0.3, 0.4) is 0 Å². The summed E-state index contributed by atoms with van der Waals surface area (Å²) in [4.78, 5) is 24.2. The molecule has 0 spiro atoms. The molecule has 0 saturated carbocycles. The smallest absolute Gasteiger partial charge is 0.379 e. The molecule has 140 valence electrons. The molecular weight excluding hydrogens is 336 g/mol. The van der Waals surface area contributed by atoms with E-state index >= 15 is 0 Å². The second-order valence-electron chi connectivity index (χ2n) is 5.46. The fourth-order valence-electron chi connectivity index (χ4n) is 2.37. The lowest BCUT2D eigenvalue weighted by Crippen LogP contribution is -2.47. The third-order valence-corrected chi connectivity index (χ3v) is 3.62. The second kappa shape index (κ2) is 9.64. The van der Waals surface area contributed by atoms with Gasteiger partial charge in [-0.1, -0.05) is 24.7 Å². The molecule has 0 bridgehead atoms. The van der Waals surface area contributed by atoms with Crippen LogP contribution < -0.4 is 0 Å². The number of hydrogen-bond acceptors (Lipinski definition) is 6. The van der Waals surface area contributed by atoms with Gasteiger partial charge in [-0.25, -0.2) is 9.59 Å². The number of carbonyl (C=O) groups excluding carboxylic acids is 2. The fraction of sp³-hybridized carbons (Fsp3) is 0.400. The number of allylic oxidation sites excluding steroid dienone is 6. The van der Waals surface area contributed by atoms with Crippen LogP contribution in [0.25, 0.3) is 0 Å². The fourth-order valence-corrected chi connectivity index (χ4v) is 2.37. The molecule has 0 saturated heterocycles. The normalized spacial score (nSPS) is 22.8. The van der Waals surface area contributed by atoms with Crippen molar-refractivity contribution in [2.45, 2.75) is 33.0 Å². The molecule has 0 aromatic rings. The summed E-state index contributed by atoms with van der Waals surface area (Å²) in [6, 6.07) is 0. The molecule has 0 aromatic carbocycles. The van der Waals surface area contributed by atoms with Crippen molar-refractivity contribution in [1.29, 1.82) is 0 Å². The molecule has 1 N–H and O–H groups in total. The Bertz CT molecular complexity index is 692. The van der Waals surface area contributed by atoms with Crippen molar-refractivity contribution in [1.82, 2.24) is 0 Å². The zero-order valence-corrected chi connectivity index (χ0v) is 15.3. The Hall–Kier alpha value is -2.78. The van der Waals surface area contributed by atoms with Gasteiger partial charge in [-0.15, -0.1) is 6.42 Å². The van der Waals surface area contributed by atoms with E-state index in [9.17, 15) is 14.7 Å². The third kappa shape index (κ3) is 5.36. The van der Waals surface area contributed by atoms with Gasteiger partial charge in [-0.2, -0.15) is 0 Å². The van der Waals surface area contributed by atoms with Crippen LogP contribution in [0, 0.1) is 18.3 Å². The minimum Gasteiger partial charge on any atom is -0.461 e. The van der Waals surface area contributed by atoms with Gasteiger partial charge < -0.3 is 19.3 Å². The maximum absolute atomic E-state index is 12.2. The Kier molecular flexibility index (Phi) is 7.88. The number of hydrogen-bond donors (Lipinski definition) is 1. The van der Waals surface area contributed by atoms with Gasteiger partial charge in [0.1, 0.15) is 0 Å². The van der Waals surface area contributed by atoms with E-state index in [1.807, 2.05) is 0 Å². The SMILES string of the molecule is C#CC(=C)/C=C\C(=C/C)C1C=C(C(=O)OCC)OC(O)(C(=O)OCC)C1. The topological polar surface area (TPSA) is 82.1 Å². The van der Waals surface area contributed by atoms with E-state index in [1.165, 1.54) is 6.08 Å². The molecule has 1 rings (SSSR count). The molecule has 2 unspecified atom stereocenters. The van der Waals surface area contributed by atoms with Crippen LogP contribution in [0.2, 0.25) is 0 Å². The zero-order valence-electron chi connectivity index (χ0n) is 15.3. The van der Waals surface area contributed by atoms with Crippen molar-refractivity contribution >= 4 is 11.9 Å². The van der Waals surface area contributed by atoms with Crippen LogP contribution in [-0.2, 0) is 23.8 Å². The zero-order chi connectivity index (χ0) is 19.7. The Labute approximate surface area is 153 Å². The summed E-state index contributed by atoms with van der Waals surface area (Å²) in [5, 5.41) is 10.7. The van der Waals surface area contributed by atoms with Gasteiger partial charge in [-0.3, -0.25) is 0 Å². The van der Waals surface area contributed by atoms with Gasteiger partial charge in [0, 0.05) is 17.9 Å². The van der Waals surface area contributed by atoms with E-state index in [-0.39, 0.29) is 25.4 Å². The quantitative estimate of drug-likeness (QED) is 0.427. The summed E-state index contributed by atoms with van der Waals surface area (Å²) >= 11 is 0. The van der Waals surface area contributed by atoms with E-state index in [2.05, 4.69) is 12.5 Å². The summed E-state index contributed by atoms with van der Waals surface area (Å²) in [7, 11) is 0. The lowest BCUT2D eigenvalue weighted by Gasteiger charge is -2.34. The Morgan fingerprint density at radius 2 is 2.08 bits per heavy atom. The van der Waals surface area contributed by atoms with Gasteiger partial charge in [0.25, 0.3) is 0 Å². The Morgan fingerprint density at radius 3 is 2.62 bits per heavy atom. The molecule has 2 atom stereocenters. The van der Waals surface area contributed by atoms with Crippen LogP contribution in [-0.4, -0.2) is 36.0 Å². The highest BCUT2D eigenvalue weighted by molar-refractivity contribution is 5.88. The molecular formula is C20H24O6. The van der Waals surface area contributed by atoms with Crippen molar-refractivity contribution in [3.8, 4) is 12.3 Å². The highest BCUT2D eigenvalue weighted by atomic mass is 16.7. The predicted octanol–water partition coefficient (Wildman–Crippen LogP) is 2.41. The van der Waals surface area contributed by atoms with Crippen LogP contribution in [0.4, 0.5) is 0 Å². The highest BCUT2D eigenvalue weighted by Gasteiger charge is 2.47. The first kappa shape index (κ1) is 21.3. The molecule has 0 amide bonds.